The molecule has 1 atom stereocenters. The van der Waals surface area contributed by atoms with E-state index in [4.69, 9.17) is 4.84 Å². The molecule has 2 aliphatic rings. The van der Waals surface area contributed by atoms with Crippen LogP contribution in [-0.4, -0.2) is 12.8 Å². The highest BCUT2D eigenvalue weighted by Gasteiger charge is 2.25. The highest BCUT2D eigenvalue weighted by atomic mass is 16.6. The van der Waals surface area contributed by atoms with Crippen molar-refractivity contribution >= 4 is 6.21 Å². The van der Waals surface area contributed by atoms with E-state index in [0.717, 1.165) is 6.61 Å². The summed E-state index contributed by atoms with van der Waals surface area (Å²) < 4.78 is 0. The van der Waals surface area contributed by atoms with Gasteiger partial charge in [0.2, 0.25) is 0 Å². The highest BCUT2D eigenvalue weighted by molar-refractivity contribution is 5.78. The normalized spacial score (nSPS) is 30.4. The van der Waals surface area contributed by atoms with Gasteiger partial charge in [0.15, 0.2) is 6.61 Å². The lowest BCUT2D eigenvalue weighted by Crippen LogP contribution is -2.22. The Morgan fingerprint density at radius 1 is 1.60 bits per heavy atom. The maximum absolute atomic E-state index is 4.97. The molecule has 0 aromatic heterocycles. The highest BCUT2D eigenvalue weighted by Crippen LogP contribution is 2.24. The van der Waals surface area contributed by atoms with Crippen LogP contribution < -0.4 is 5.16 Å². The number of nitrogens with zero attached hydrogens (tertiary/aromatic N) is 1. The van der Waals surface area contributed by atoms with Crippen LogP contribution in [0.15, 0.2) is 11.6 Å². The maximum atomic E-state index is 4.97. The van der Waals surface area contributed by atoms with Gasteiger partial charge in [0, 0.05) is 11.5 Å². The van der Waals surface area contributed by atoms with Gasteiger partial charge < -0.3 is 0 Å². The minimum Gasteiger partial charge on any atom is -0.213 e. The molecule has 2 nitrogen and oxygen atoms in total. The Labute approximate surface area is 60.6 Å². The molecule has 0 spiro atoms. The van der Waals surface area contributed by atoms with Crippen molar-refractivity contribution in [2.75, 3.05) is 6.61 Å². The minimum atomic E-state index is 0.645. The van der Waals surface area contributed by atoms with E-state index in [1.165, 1.54) is 24.8 Å². The Kier molecular flexibility index (Phi) is 1.46. The van der Waals surface area contributed by atoms with Crippen LogP contribution in [0.2, 0.25) is 0 Å². The van der Waals surface area contributed by atoms with Gasteiger partial charge in [-0.1, -0.05) is 6.08 Å². The molecule has 1 heterocycles. The number of allylic oxidation sites excluding steroid dienone is 1. The van der Waals surface area contributed by atoms with Crippen molar-refractivity contribution in [2.45, 2.75) is 19.3 Å². The first-order valence-corrected chi connectivity index (χ1v) is 3.82. The van der Waals surface area contributed by atoms with E-state index >= 15 is 0 Å². The molecule has 2 heteroatoms. The second-order valence-electron chi connectivity index (χ2n) is 2.86. The summed E-state index contributed by atoms with van der Waals surface area (Å²) in [5.41, 5.74) is 1.39. The minimum absolute atomic E-state index is 0.645. The Morgan fingerprint density at radius 2 is 2.60 bits per heavy atom. The molecule has 0 aromatic carbocycles. The predicted octanol–water partition coefficient (Wildman–Crippen LogP) is 1.06. The number of hydrogen-bond acceptors (Lipinski definition) is 2. The van der Waals surface area contributed by atoms with Gasteiger partial charge in [-0.05, 0) is 19.3 Å². The molecular formula is C8H11NO+. The van der Waals surface area contributed by atoms with E-state index in [2.05, 4.69) is 11.2 Å². The molecule has 0 N–H and O–H groups in total. The van der Waals surface area contributed by atoms with Crippen molar-refractivity contribution in [3.05, 3.63) is 11.6 Å². The van der Waals surface area contributed by atoms with E-state index in [-0.39, 0.29) is 0 Å². The Bertz CT molecular complexity index is 184. The number of rotatable bonds is 0. The van der Waals surface area contributed by atoms with Crippen LogP contribution in [0.5, 0.6) is 0 Å². The fourth-order valence-electron chi connectivity index (χ4n) is 1.54. The quantitative estimate of drug-likeness (QED) is 0.489. The summed E-state index contributed by atoms with van der Waals surface area (Å²) in [4.78, 5) is 4.97. The molecular weight excluding hydrogens is 126 g/mol. The Balaban J connectivity index is 2.21. The second kappa shape index (κ2) is 2.45. The number of fused-ring (bicyclic) bond motifs is 1. The molecule has 0 saturated carbocycles. The first-order chi connectivity index (χ1) is 4.97. The van der Waals surface area contributed by atoms with Crippen LogP contribution in [0, 0.1) is 5.92 Å². The van der Waals surface area contributed by atoms with Gasteiger partial charge >= 0.3 is 6.21 Å². The van der Waals surface area contributed by atoms with Crippen molar-refractivity contribution in [1.29, 1.82) is 0 Å². The van der Waals surface area contributed by atoms with Gasteiger partial charge in [-0.3, -0.25) is 0 Å². The molecule has 1 aliphatic carbocycles. The average molecular weight is 137 g/mol. The summed E-state index contributed by atoms with van der Waals surface area (Å²) in [5.74, 6) is 0.645. The largest absolute Gasteiger partial charge is 0.305 e. The molecule has 53 valence electrons. The van der Waals surface area contributed by atoms with Crippen molar-refractivity contribution in [2.24, 2.45) is 5.92 Å². The Hall–Kier alpha value is -0.790. The summed E-state index contributed by atoms with van der Waals surface area (Å²) in [7, 11) is 0. The van der Waals surface area contributed by atoms with Crippen molar-refractivity contribution in [3.63, 3.8) is 0 Å². The summed E-state index contributed by atoms with van der Waals surface area (Å²) >= 11 is 0. The van der Waals surface area contributed by atoms with Crippen molar-refractivity contribution in [3.8, 4) is 0 Å². The molecule has 10 heavy (non-hydrogen) atoms. The van der Waals surface area contributed by atoms with Crippen molar-refractivity contribution in [1.82, 2.24) is 5.16 Å². The number of hydrogen-bond donors (Lipinski definition) is 0. The van der Waals surface area contributed by atoms with Gasteiger partial charge in [0.25, 0.3) is 5.16 Å². The molecule has 2 rings (SSSR count). The molecule has 0 bridgehead atoms. The van der Waals surface area contributed by atoms with Crippen LogP contribution in [0.25, 0.3) is 0 Å². The summed E-state index contributed by atoms with van der Waals surface area (Å²) in [5, 5.41) is 3.77. The third kappa shape index (κ3) is 0.939. The zero-order valence-corrected chi connectivity index (χ0v) is 5.92. The van der Waals surface area contributed by atoms with Gasteiger partial charge in [0.1, 0.15) is 0 Å². The molecule has 0 saturated heterocycles. The van der Waals surface area contributed by atoms with Crippen LogP contribution in [-0.2, 0) is 4.84 Å². The smallest absolute Gasteiger partial charge is 0.213 e. The molecule has 0 aromatic rings. The zero-order valence-electron chi connectivity index (χ0n) is 5.92. The zero-order chi connectivity index (χ0) is 6.81. The topological polar surface area (TPSA) is 23.3 Å². The van der Waals surface area contributed by atoms with Crippen LogP contribution in [0.3, 0.4) is 0 Å². The third-order valence-electron chi connectivity index (χ3n) is 2.16. The fourth-order valence-corrected chi connectivity index (χ4v) is 1.54. The van der Waals surface area contributed by atoms with Gasteiger partial charge in [0.05, 0.1) is 0 Å². The molecule has 0 amide bonds. The van der Waals surface area contributed by atoms with E-state index in [0.29, 0.717) is 5.92 Å². The SMILES string of the molecule is C1=[N+]OCC2CCCC=C12. The van der Waals surface area contributed by atoms with Crippen LogP contribution >= 0.6 is 0 Å². The van der Waals surface area contributed by atoms with Crippen LogP contribution in [0.1, 0.15) is 19.3 Å². The second-order valence-corrected chi connectivity index (χ2v) is 2.86. The maximum Gasteiger partial charge on any atom is 0.305 e. The molecule has 0 fully saturated rings. The van der Waals surface area contributed by atoms with Gasteiger partial charge in [-0.2, -0.15) is 0 Å². The van der Waals surface area contributed by atoms with Crippen LogP contribution in [0.4, 0.5) is 0 Å². The van der Waals surface area contributed by atoms with Gasteiger partial charge in [-0.25, -0.2) is 4.84 Å². The molecule has 1 aliphatic heterocycles. The first kappa shape index (κ1) is 5.96. The van der Waals surface area contributed by atoms with E-state index in [1.807, 2.05) is 6.21 Å². The lowest BCUT2D eigenvalue weighted by atomic mass is 9.89. The standard InChI is InChI=1S/C8H11NO/c1-2-4-8-6-10-9-5-7(8)3-1/h3,5,8H,1-2,4,6H2/q+1. The summed E-state index contributed by atoms with van der Waals surface area (Å²) in [6.07, 6.45) is 7.94. The first-order valence-electron chi connectivity index (χ1n) is 3.82. The summed E-state index contributed by atoms with van der Waals surface area (Å²) in [6, 6.07) is 0. The van der Waals surface area contributed by atoms with E-state index < -0.39 is 0 Å². The monoisotopic (exact) mass is 137 g/mol. The fraction of sp³-hybridized carbons (Fsp3) is 0.625. The van der Waals surface area contributed by atoms with Crippen molar-refractivity contribution < 1.29 is 4.84 Å². The predicted molar refractivity (Wildman–Crippen MR) is 39.6 cm³/mol. The number of oxime groups is 1. The summed E-state index contributed by atoms with van der Waals surface area (Å²) in [6.45, 7) is 0.794. The van der Waals surface area contributed by atoms with E-state index in [1.54, 1.807) is 0 Å². The third-order valence-corrected chi connectivity index (χ3v) is 2.16. The molecule has 1 radical (unpaired) electrons. The lowest BCUT2D eigenvalue weighted by Gasteiger charge is -2.17. The van der Waals surface area contributed by atoms with E-state index in [9.17, 15) is 0 Å². The molecule has 1 unspecified atom stereocenters. The average Bonchev–Trinajstić information content (AvgIpc) is 2.05. The van der Waals surface area contributed by atoms with Gasteiger partial charge in [-0.15, -0.1) is 0 Å². The lowest BCUT2D eigenvalue weighted by molar-refractivity contribution is 0.0655. The Morgan fingerprint density at radius 3 is 3.50 bits per heavy atom.